The molecule has 7 heteroatoms. The van der Waals surface area contributed by atoms with Crippen LogP contribution in [0.25, 0.3) is 0 Å². The first-order valence-corrected chi connectivity index (χ1v) is 9.11. The van der Waals surface area contributed by atoms with Gasteiger partial charge in [0, 0.05) is 31.5 Å². The number of carboxylic acid groups (broad SMARTS) is 1. The van der Waals surface area contributed by atoms with E-state index in [-0.39, 0.29) is 0 Å². The first-order chi connectivity index (χ1) is 11.2. The number of amides is 1. The van der Waals surface area contributed by atoms with Gasteiger partial charge in [0.25, 0.3) is 0 Å². The van der Waals surface area contributed by atoms with Gasteiger partial charge in [0.05, 0.1) is 0 Å². The third kappa shape index (κ3) is 2.98. The lowest BCUT2D eigenvalue weighted by molar-refractivity contribution is 0.0628. The molecule has 1 atom stereocenters. The first-order valence-electron chi connectivity index (χ1n) is 8.00. The summed E-state index contributed by atoms with van der Waals surface area (Å²) in [6, 6.07) is 7.60. The number of ether oxygens (including phenoxy) is 1. The van der Waals surface area contributed by atoms with Gasteiger partial charge in [0.15, 0.2) is 5.60 Å². The summed E-state index contributed by atoms with van der Waals surface area (Å²) >= 11 is -1.40. The minimum atomic E-state index is -1.40. The summed E-state index contributed by atoms with van der Waals surface area (Å²) < 4.78 is 22.9. The van der Waals surface area contributed by atoms with E-state index in [0.717, 1.165) is 11.3 Å². The molecule has 1 fully saturated rings. The van der Waals surface area contributed by atoms with E-state index in [2.05, 4.69) is 4.40 Å². The molecule has 1 saturated heterocycles. The SMILES string of the molecule is CC(C)(C)[S+]([O-])N=C1c2ccccc2OC12CCN(C(=O)O)CC2. The Kier molecular flexibility index (Phi) is 4.25. The van der Waals surface area contributed by atoms with Crippen LogP contribution >= 0.6 is 0 Å². The molecule has 0 aromatic heterocycles. The van der Waals surface area contributed by atoms with Crippen molar-refractivity contribution >= 4 is 23.2 Å². The van der Waals surface area contributed by atoms with Crippen LogP contribution in [-0.2, 0) is 11.4 Å². The van der Waals surface area contributed by atoms with Crippen LogP contribution in [0.15, 0.2) is 28.7 Å². The molecule has 130 valence electrons. The molecule has 3 rings (SSSR count). The van der Waals surface area contributed by atoms with Crippen LogP contribution < -0.4 is 4.74 Å². The smallest absolute Gasteiger partial charge is 0.407 e. The van der Waals surface area contributed by atoms with Crippen molar-refractivity contribution in [3.8, 4) is 5.75 Å². The predicted octanol–water partition coefficient (Wildman–Crippen LogP) is 2.84. The number of hydrogen-bond acceptors (Lipinski definition) is 4. The van der Waals surface area contributed by atoms with Crippen molar-refractivity contribution in [2.24, 2.45) is 4.40 Å². The van der Waals surface area contributed by atoms with E-state index in [1.807, 2.05) is 45.0 Å². The fraction of sp³-hybridized carbons (Fsp3) is 0.529. The molecule has 0 saturated carbocycles. The highest BCUT2D eigenvalue weighted by Crippen LogP contribution is 2.42. The molecular formula is C17H22N2O4S. The molecule has 1 aromatic rings. The molecule has 0 radical (unpaired) electrons. The Morgan fingerprint density at radius 1 is 1.33 bits per heavy atom. The highest BCUT2D eigenvalue weighted by molar-refractivity contribution is 7.91. The monoisotopic (exact) mass is 350 g/mol. The number of carbonyl (C=O) groups is 1. The summed E-state index contributed by atoms with van der Waals surface area (Å²) in [5.41, 5.74) is 0.867. The van der Waals surface area contributed by atoms with Gasteiger partial charge in [0.1, 0.15) is 27.6 Å². The van der Waals surface area contributed by atoms with Gasteiger partial charge in [-0.05, 0) is 32.9 Å². The number of rotatable bonds is 1. The van der Waals surface area contributed by atoms with Gasteiger partial charge < -0.3 is 19.3 Å². The highest BCUT2D eigenvalue weighted by Gasteiger charge is 2.50. The van der Waals surface area contributed by atoms with E-state index < -0.39 is 27.8 Å². The fourth-order valence-electron chi connectivity index (χ4n) is 3.01. The molecule has 1 aromatic carbocycles. The molecule has 1 N–H and O–H groups in total. The van der Waals surface area contributed by atoms with Crippen LogP contribution in [0.4, 0.5) is 4.79 Å². The molecule has 1 spiro atoms. The maximum Gasteiger partial charge on any atom is 0.407 e. The zero-order valence-electron chi connectivity index (χ0n) is 14.1. The van der Waals surface area contributed by atoms with Gasteiger partial charge in [-0.15, -0.1) is 0 Å². The normalized spacial score (nSPS) is 22.3. The molecule has 0 aliphatic carbocycles. The highest BCUT2D eigenvalue weighted by atomic mass is 32.2. The zero-order chi connectivity index (χ0) is 17.5. The van der Waals surface area contributed by atoms with E-state index in [1.165, 1.54) is 4.90 Å². The van der Waals surface area contributed by atoms with Gasteiger partial charge >= 0.3 is 6.09 Å². The lowest BCUT2D eigenvalue weighted by Gasteiger charge is -2.37. The molecule has 0 bridgehead atoms. The van der Waals surface area contributed by atoms with Crippen molar-refractivity contribution in [1.29, 1.82) is 0 Å². The molecule has 1 amide bonds. The molecule has 1 unspecified atom stereocenters. The fourth-order valence-corrected chi connectivity index (χ4v) is 3.71. The molecule has 2 aliphatic heterocycles. The van der Waals surface area contributed by atoms with Crippen LogP contribution in [0.1, 0.15) is 39.2 Å². The van der Waals surface area contributed by atoms with Gasteiger partial charge in [0.2, 0.25) is 0 Å². The quantitative estimate of drug-likeness (QED) is 0.789. The van der Waals surface area contributed by atoms with Crippen LogP contribution in [-0.4, -0.2) is 49.8 Å². The van der Waals surface area contributed by atoms with Crippen molar-refractivity contribution in [2.45, 2.75) is 44.0 Å². The topological polar surface area (TPSA) is 85.2 Å². The van der Waals surface area contributed by atoms with E-state index in [0.29, 0.717) is 31.6 Å². The number of nitrogens with zero attached hydrogens (tertiary/aromatic N) is 2. The minimum absolute atomic E-state index is 0.379. The average Bonchev–Trinajstić information content (AvgIpc) is 2.80. The van der Waals surface area contributed by atoms with Crippen LogP contribution in [0, 0.1) is 0 Å². The number of piperidine rings is 1. The second-order valence-electron chi connectivity index (χ2n) is 7.16. The Morgan fingerprint density at radius 3 is 2.54 bits per heavy atom. The minimum Gasteiger partial charge on any atom is -0.591 e. The van der Waals surface area contributed by atoms with Gasteiger partial charge in [-0.25, -0.2) is 4.79 Å². The van der Waals surface area contributed by atoms with Crippen LogP contribution in [0.5, 0.6) is 5.75 Å². The number of para-hydroxylation sites is 1. The van der Waals surface area contributed by atoms with E-state index in [4.69, 9.17) is 9.84 Å². The molecular weight excluding hydrogens is 328 g/mol. The number of fused-ring (bicyclic) bond motifs is 1. The van der Waals surface area contributed by atoms with Crippen molar-refractivity contribution in [2.75, 3.05) is 13.1 Å². The average molecular weight is 350 g/mol. The Balaban J connectivity index is 1.98. The predicted molar refractivity (Wildman–Crippen MR) is 93.1 cm³/mol. The third-order valence-corrected chi connectivity index (χ3v) is 5.81. The van der Waals surface area contributed by atoms with Gasteiger partial charge in [-0.2, -0.15) is 0 Å². The molecule has 24 heavy (non-hydrogen) atoms. The van der Waals surface area contributed by atoms with E-state index in [9.17, 15) is 9.35 Å². The van der Waals surface area contributed by atoms with Crippen molar-refractivity contribution in [3.63, 3.8) is 0 Å². The van der Waals surface area contributed by atoms with Crippen molar-refractivity contribution in [3.05, 3.63) is 29.8 Å². The van der Waals surface area contributed by atoms with Gasteiger partial charge in [-0.3, -0.25) is 0 Å². The van der Waals surface area contributed by atoms with E-state index in [1.54, 1.807) is 0 Å². The van der Waals surface area contributed by atoms with Crippen molar-refractivity contribution < 1.29 is 19.2 Å². The Hall–Kier alpha value is -1.73. The summed E-state index contributed by atoms with van der Waals surface area (Å²) in [4.78, 5) is 12.6. The van der Waals surface area contributed by atoms with Crippen LogP contribution in [0.2, 0.25) is 0 Å². The second-order valence-corrected chi connectivity index (χ2v) is 9.07. The maximum absolute atomic E-state index is 12.6. The molecule has 2 heterocycles. The molecule has 6 nitrogen and oxygen atoms in total. The first kappa shape index (κ1) is 17.1. The maximum atomic E-state index is 12.6. The number of hydrogen-bond donors (Lipinski definition) is 1. The Bertz CT molecular complexity index is 675. The zero-order valence-corrected chi connectivity index (χ0v) is 14.9. The lowest BCUT2D eigenvalue weighted by atomic mass is 9.85. The summed E-state index contributed by atoms with van der Waals surface area (Å²) in [5, 5.41) is 9.17. The van der Waals surface area contributed by atoms with Gasteiger partial charge in [-0.1, -0.05) is 16.5 Å². The summed E-state index contributed by atoms with van der Waals surface area (Å²) in [6.07, 6.45) is 0.0968. The largest absolute Gasteiger partial charge is 0.591 e. The lowest BCUT2D eigenvalue weighted by Crippen LogP contribution is -2.52. The Labute approximate surface area is 144 Å². The summed E-state index contributed by atoms with van der Waals surface area (Å²) in [7, 11) is 0. The third-order valence-electron chi connectivity index (χ3n) is 4.42. The number of likely N-dealkylation sites (tertiary alicyclic amines) is 1. The standard InChI is InChI=1S/C17H22N2O4S/c1-16(2,3)24(22)18-14-12-6-4-5-7-13(12)23-17(14)8-10-19(11-9-17)15(20)21/h4-7H,8-11H2,1-3H3,(H,20,21). The summed E-state index contributed by atoms with van der Waals surface area (Å²) in [5.74, 6) is 0.728. The van der Waals surface area contributed by atoms with E-state index >= 15 is 0 Å². The second kappa shape index (κ2) is 5.97. The summed E-state index contributed by atoms with van der Waals surface area (Å²) in [6.45, 7) is 6.41. The Morgan fingerprint density at radius 2 is 1.96 bits per heavy atom. The molecule has 2 aliphatic rings. The van der Waals surface area contributed by atoms with Crippen molar-refractivity contribution in [1.82, 2.24) is 4.90 Å². The number of benzene rings is 1. The van der Waals surface area contributed by atoms with Crippen LogP contribution in [0.3, 0.4) is 0 Å².